The van der Waals surface area contributed by atoms with E-state index in [0.29, 0.717) is 16.0 Å². The highest BCUT2D eigenvalue weighted by atomic mass is 32.2. The van der Waals surface area contributed by atoms with Gasteiger partial charge in [-0.25, -0.2) is 5.43 Å². The molecule has 0 spiro atoms. The number of hydrogen-bond donors (Lipinski definition) is 1. The zero-order chi connectivity index (χ0) is 22.5. The summed E-state index contributed by atoms with van der Waals surface area (Å²) in [6, 6.07) is 26.6. The number of nitrogens with one attached hydrogen (secondary N) is 1. The minimum absolute atomic E-state index is 0.178. The lowest BCUT2D eigenvalue weighted by Crippen LogP contribution is -2.16. The molecule has 0 aliphatic carbocycles. The maximum absolute atomic E-state index is 11.9. The number of rotatable bonds is 7. The van der Waals surface area contributed by atoms with Crippen molar-refractivity contribution >= 4 is 23.9 Å². The molecule has 0 aliphatic heterocycles. The number of benzene rings is 2. The fourth-order valence-electron chi connectivity index (χ4n) is 3.09. The third-order valence-electron chi connectivity index (χ3n) is 4.58. The van der Waals surface area contributed by atoms with Crippen molar-refractivity contribution < 1.29 is 13.6 Å². The van der Waals surface area contributed by atoms with E-state index in [2.05, 4.69) is 20.7 Å². The molecule has 162 valence electrons. The van der Waals surface area contributed by atoms with E-state index in [1.54, 1.807) is 18.2 Å². The van der Waals surface area contributed by atoms with Gasteiger partial charge in [-0.1, -0.05) is 48.5 Å². The van der Waals surface area contributed by atoms with Crippen molar-refractivity contribution in [3.05, 3.63) is 103 Å². The third kappa shape index (κ3) is 4.63. The van der Waals surface area contributed by atoms with Crippen LogP contribution < -0.4 is 5.43 Å². The number of carbonyl (C=O) groups excluding carboxylic acids is 1. The second-order valence-electron chi connectivity index (χ2n) is 6.78. The van der Waals surface area contributed by atoms with E-state index < -0.39 is 5.91 Å². The summed E-state index contributed by atoms with van der Waals surface area (Å²) in [5, 5.41) is 14.0. The summed E-state index contributed by atoms with van der Waals surface area (Å²) in [7, 11) is 0. The Morgan fingerprint density at radius 3 is 2.48 bits per heavy atom. The van der Waals surface area contributed by atoms with Crippen LogP contribution in [0.5, 0.6) is 0 Å². The fourth-order valence-corrected chi connectivity index (χ4v) is 3.90. The second-order valence-corrected chi connectivity index (χ2v) is 7.75. The van der Waals surface area contributed by atoms with Gasteiger partial charge in [-0.15, -0.1) is 10.2 Å². The van der Waals surface area contributed by atoms with Crippen LogP contribution in [0.3, 0.4) is 0 Å². The van der Waals surface area contributed by atoms with Gasteiger partial charge in [-0.3, -0.25) is 9.36 Å². The minimum atomic E-state index is -0.443. The molecule has 9 heteroatoms. The largest absolute Gasteiger partial charge is 0.459 e. The first-order chi connectivity index (χ1) is 16.3. The number of aromatic nitrogens is 3. The number of amides is 1. The van der Waals surface area contributed by atoms with E-state index in [1.165, 1.54) is 24.2 Å². The molecule has 0 bridgehead atoms. The van der Waals surface area contributed by atoms with Crippen LogP contribution in [0, 0.1) is 0 Å². The molecular weight excluding hydrogens is 438 g/mol. The summed E-state index contributed by atoms with van der Waals surface area (Å²) >= 11 is 1.34. The molecule has 0 unspecified atom stereocenters. The van der Waals surface area contributed by atoms with Crippen molar-refractivity contribution in [3.63, 3.8) is 0 Å². The highest BCUT2D eigenvalue weighted by molar-refractivity contribution is 7.99. The molecule has 8 nitrogen and oxygen atoms in total. The molecule has 3 aromatic heterocycles. The van der Waals surface area contributed by atoms with Crippen molar-refractivity contribution in [1.82, 2.24) is 20.2 Å². The van der Waals surface area contributed by atoms with E-state index in [0.717, 1.165) is 17.1 Å². The first-order valence-electron chi connectivity index (χ1n) is 9.99. The molecular formula is C24H17N5O3S. The van der Waals surface area contributed by atoms with Crippen LogP contribution in [0.15, 0.2) is 115 Å². The van der Waals surface area contributed by atoms with Crippen LogP contribution in [0.1, 0.15) is 16.3 Å². The van der Waals surface area contributed by atoms with Gasteiger partial charge in [0.15, 0.2) is 16.7 Å². The number of para-hydroxylation sites is 1. The van der Waals surface area contributed by atoms with Gasteiger partial charge in [0.25, 0.3) is 0 Å². The van der Waals surface area contributed by atoms with Crippen LogP contribution in [0.25, 0.3) is 17.1 Å². The Morgan fingerprint density at radius 1 is 0.939 bits per heavy atom. The molecule has 0 radical (unpaired) electrons. The molecule has 5 aromatic rings. The molecule has 3 heterocycles. The van der Waals surface area contributed by atoms with Crippen molar-refractivity contribution in [2.24, 2.45) is 5.10 Å². The van der Waals surface area contributed by atoms with E-state index >= 15 is 0 Å². The summed E-state index contributed by atoms with van der Waals surface area (Å²) in [4.78, 5) is 11.9. The molecule has 0 saturated heterocycles. The van der Waals surface area contributed by atoms with Crippen molar-refractivity contribution in [1.29, 1.82) is 0 Å². The summed E-state index contributed by atoms with van der Waals surface area (Å²) in [5.41, 5.74) is 4.29. The Hall–Kier alpha value is -4.37. The number of carbonyl (C=O) groups is 1. The van der Waals surface area contributed by atoms with Crippen LogP contribution in [0.4, 0.5) is 0 Å². The first kappa shape index (κ1) is 20.5. The summed E-state index contributed by atoms with van der Waals surface area (Å²) in [6.45, 7) is 0. The molecule has 1 N–H and O–H groups in total. The maximum atomic E-state index is 11.9. The van der Waals surface area contributed by atoms with E-state index in [1.807, 2.05) is 71.3 Å². The Morgan fingerprint density at radius 2 is 1.73 bits per heavy atom. The standard InChI is InChI=1S/C24H17N5O3S/c30-23(20-12-7-15-31-20)27-25-16-19-13-14-21(32-19)33-24-28-26-22(17-8-3-1-4-9-17)29(24)18-10-5-2-6-11-18/h1-16H,(H,27,30)/b25-16+. The van der Waals surface area contributed by atoms with Gasteiger partial charge in [-0.05, 0) is 48.2 Å². The van der Waals surface area contributed by atoms with Crippen LogP contribution in [-0.2, 0) is 0 Å². The molecule has 0 atom stereocenters. The molecule has 0 saturated carbocycles. The van der Waals surface area contributed by atoms with Crippen LogP contribution in [0.2, 0.25) is 0 Å². The Kier molecular flexibility index (Phi) is 5.85. The SMILES string of the molecule is O=C(N/N=C/c1ccc(Sc2nnc(-c3ccccc3)n2-c2ccccc2)o1)c1ccco1. The minimum Gasteiger partial charge on any atom is -0.459 e. The summed E-state index contributed by atoms with van der Waals surface area (Å²) in [6.07, 6.45) is 2.84. The highest BCUT2D eigenvalue weighted by Gasteiger charge is 2.18. The van der Waals surface area contributed by atoms with E-state index in [9.17, 15) is 4.79 Å². The number of hydrogen-bond acceptors (Lipinski definition) is 7. The third-order valence-corrected chi connectivity index (χ3v) is 5.44. The lowest BCUT2D eigenvalue weighted by Gasteiger charge is -2.09. The van der Waals surface area contributed by atoms with Crippen LogP contribution >= 0.6 is 11.8 Å². The van der Waals surface area contributed by atoms with E-state index in [-0.39, 0.29) is 5.76 Å². The van der Waals surface area contributed by atoms with E-state index in [4.69, 9.17) is 8.83 Å². The molecule has 33 heavy (non-hydrogen) atoms. The van der Waals surface area contributed by atoms with Gasteiger partial charge < -0.3 is 8.83 Å². The molecule has 0 aliphatic rings. The average Bonchev–Trinajstić information content (AvgIpc) is 3.62. The van der Waals surface area contributed by atoms with Crippen molar-refractivity contribution in [2.75, 3.05) is 0 Å². The predicted octanol–water partition coefficient (Wildman–Crippen LogP) is 5.04. The number of nitrogens with zero attached hydrogens (tertiary/aromatic N) is 4. The normalized spacial score (nSPS) is 11.2. The lowest BCUT2D eigenvalue weighted by atomic mass is 10.2. The van der Waals surface area contributed by atoms with Crippen LogP contribution in [-0.4, -0.2) is 26.9 Å². The lowest BCUT2D eigenvalue weighted by molar-refractivity contribution is 0.0927. The maximum Gasteiger partial charge on any atom is 0.307 e. The molecule has 0 fully saturated rings. The van der Waals surface area contributed by atoms with Gasteiger partial charge in [-0.2, -0.15) is 5.10 Å². The van der Waals surface area contributed by atoms with Crippen molar-refractivity contribution in [2.45, 2.75) is 10.2 Å². The fraction of sp³-hybridized carbons (Fsp3) is 0. The number of hydrazone groups is 1. The van der Waals surface area contributed by atoms with Gasteiger partial charge in [0, 0.05) is 11.3 Å². The highest BCUT2D eigenvalue weighted by Crippen LogP contribution is 2.32. The monoisotopic (exact) mass is 455 g/mol. The smallest absolute Gasteiger partial charge is 0.307 e. The second kappa shape index (κ2) is 9.41. The van der Waals surface area contributed by atoms with Crippen molar-refractivity contribution in [3.8, 4) is 17.1 Å². The first-order valence-corrected chi connectivity index (χ1v) is 10.8. The van der Waals surface area contributed by atoms with Gasteiger partial charge in [0.1, 0.15) is 5.76 Å². The van der Waals surface area contributed by atoms with Gasteiger partial charge in [0.2, 0.25) is 5.16 Å². The predicted molar refractivity (Wildman–Crippen MR) is 123 cm³/mol. The average molecular weight is 455 g/mol. The van der Waals surface area contributed by atoms with Gasteiger partial charge in [0.05, 0.1) is 12.5 Å². The Balaban J connectivity index is 1.37. The topological polar surface area (TPSA) is 98.5 Å². The van der Waals surface area contributed by atoms with Gasteiger partial charge >= 0.3 is 5.91 Å². The molecule has 1 amide bonds. The quantitative estimate of drug-likeness (QED) is 0.273. The summed E-state index contributed by atoms with van der Waals surface area (Å²) < 4.78 is 12.8. The summed E-state index contributed by atoms with van der Waals surface area (Å²) in [5.74, 6) is 0.948. The Labute approximate surface area is 193 Å². The molecule has 2 aromatic carbocycles. The Bertz CT molecular complexity index is 1380. The zero-order valence-corrected chi connectivity index (χ0v) is 18.0. The zero-order valence-electron chi connectivity index (χ0n) is 17.2. The number of furan rings is 2. The molecule has 5 rings (SSSR count).